The SMILES string of the molecule is C.CCCC1CCC(C)C(O)C1.CCCC1CCC(O)C(C)C1.COCCC1CCC(C)C(C)C1.COCCC1CCC(C)C(O)C1. The van der Waals surface area contributed by atoms with Gasteiger partial charge in [-0.2, -0.15) is 0 Å². The second kappa shape index (κ2) is 27.5. The van der Waals surface area contributed by atoms with Crippen molar-refractivity contribution in [3.63, 3.8) is 0 Å². The Balaban J connectivity index is 0.000000597. The molecule has 0 radical (unpaired) electrons. The molecule has 5 nitrogen and oxygen atoms in total. The molecular formula is C42H86O5. The fourth-order valence-electron chi connectivity index (χ4n) is 8.35. The second-order valence-corrected chi connectivity index (χ2v) is 16.4. The lowest BCUT2D eigenvalue weighted by Gasteiger charge is -2.31. The number of methoxy groups -OCH3 is 2. The molecule has 0 bridgehead atoms. The Morgan fingerprint density at radius 2 is 0.787 bits per heavy atom. The van der Waals surface area contributed by atoms with Crippen LogP contribution in [0, 0.1) is 53.3 Å². The van der Waals surface area contributed by atoms with E-state index in [1.54, 1.807) is 14.2 Å². The van der Waals surface area contributed by atoms with Gasteiger partial charge in [0.2, 0.25) is 0 Å². The summed E-state index contributed by atoms with van der Waals surface area (Å²) in [5, 5.41) is 28.6. The molecule has 12 unspecified atom stereocenters. The van der Waals surface area contributed by atoms with Gasteiger partial charge in [0.25, 0.3) is 0 Å². The van der Waals surface area contributed by atoms with E-state index in [1.807, 2.05) is 0 Å². The first-order valence-corrected chi connectivity index (χ1v) is 20.0. The largest absolute Gasteiger partial charge is 0.393 e. The summed E-state index contributed by atoms with van der Waals surface area (Å²) in [5.41, 5.74) is 0. The molecule has 5 heteroatoms. The van der Waals surface area contributed by atoms with Crippen LogP contribution in [0.1, 0.15) is 171 Å². The van der Waals surface area contributed by atoms with Crippen LogP contribution in [0.3, 0.4) is 0 Å². The monoisotopic (exact) mass is 671 g/mol. The van der Waals surface area contributed by atoms with Crippen molar-refractivity contribution in [3.05, 3.63) is 0 Å². The van der Waals surface area contributed by atoms with Crippen molar-refractivity contribution in [1.82, 2.24) is 0 Å². The Hall–Kier alpha value is -0.200. The smallest absolute Gasteiger partial charge is 0.0568 e. The number of aliphatic hydroxyl groups is 3. The third-order valence-corrected chi connectivity index (χ3v) is 12.3. The molecule has 0 heterocycles. The Bertz CT molecular complexity index is 641. The molecule has 4 fully saturated rings. The normalized spacial score (nSPS) is 37.0. The lowest BCUT2D eigenvalue weighted by molar-refractivity contribution is 0.0433. The molecule has 0 aliphatic heterocycles. The number of aliphatic hydroxyl groups excluding tert-OH is 3. The van der Waals surface area contributed by atoms with Gasteiger partial charge in [0.15, 0.2) is 0 Å². The van der Waals surface area contributed by atoms with Gasteiger partial charge in [-0.25, -0.2) is 0 Å². The fourth-order valence-corrected chi connectivity index (χ4v) is 8.35. The Morgan fingerprint density at radius 1 is 0.426 bits per heavy atom. The zero-order chi connectivity index (χ0) is 34.5. The van der Waals surface area contributed by atoms with Gasteiger partial charge in [0.05, 0.1) is 18.3 Å². The highest BCUT2D eigenvalue weighted by Gasteiger charge is 2.27. The highest BCUT2D eigenvalue weighted by atomic mass is 16.5. The standard InChI is InChI=1S/C11H22O.C10H20O2.2C10H20O.CH4/c1-9-4-5-11(6-7-12-3)8-10(9)2;1-8-3-4-9(5-6-12-2)7-10(8)11;1-3-4-9-5-6-10(11)8(2)7-9;1-3-4-9-6-5-8(2)10(11)7-9;/h9-11H,4-8H2,1-3H3;8-11H,3-7H2,1-2H3;2*8-11H,3-7H2,1-2H3;1H4. The molecule has 4 aliphatic rings. The van der Waals surface area contributed by atoms with Crippen LogP contribution in [0.5, 0.6) is 0 Å². The summed E-state index contributed by atoms with van der Waals surface area (Å²) in [6.07, 6.45) is 22.4. The molecule has 0 amide bonds. The van der Waals surface area contributed by atoms with Crippen LogP contribution in [-0.4, -0.2) is 61.1 Å². The van der Waals surface area contributed by atoms with E-state index < -0.39 is 0 Å². The summed E-state index contributed by atoms with van der Waals surface area (Å²) < 4.78 is 10.1. The molecule has 4 aliphatic carbocycles. The average Bonchev–Trinajstić information content (AvgIpc) is 3.03. The lowest BCUT2D eigenvalue weighted by Crippen LogP contribution is -2.27. The van der Waals surface area contributed by atoms with E-state index in [9.17, 15) is 15.3 Å². The minimum Gasteiger partial charge on any atom is -0.393 e. The Morgan fingerprint density at radius 3 is 1.17 bits per heavy atom. The Labute approximate surface area is 294 Å². The predicted molar refractivity (Wildman–Crippen MR) is 203 cm³/mol. The van der Waals surface area contributed by atoms with E-state index in [4.69, 9.17) is 9.47 Å². The third-order valence-electron chi connectivity index (χ3n) is 12.3. The van der Waals surface area contributed by atoms with Gasteiger partial charge in [-0.3, -0.25) is 0 Å². The number of hydrogen-bond donors (Lipinski definition) is 3. The molecule has 0 aromatic carbocycles. The highest BCUT2D eigenvalue weighted by Crippen LogP contribution is 2.35. The van der Waals surface area contributed by atoms with Crippen LogP contribution >= 0.6 is 0 Å². The van der Waals surface area contributed by atoms with Crippen molar-refractivity contribution in [2.24, 2.45) is 53.3 Å². The maximum absolute atomic E-state index is 9.61. The summed E-state index contributed by atoms with van der Waals surface area (Å²) in [6.45, 7) is 17.5. The maximum Gasteiger partial charge on any atom is 0.0568 e. The molecule has 4 rings (SSSR count). The minimum atomic E-state index is -0.0689. The van der Waals surface area contributed by atoms with Gasteiger partial charge in [0, 0.05) is 27.4 Å². The van der Waals surface area contributed by atoms with E-state index in [0.29, 0.717) is 23.7 Å². The third kappa shape index (κ3) is 20.3. The second-order valence-electron chi connectivity index (χ2n) is 16.4. The minimum absolute atomic E-state index is 0. The first-order valence-electron chi connectivity index (χ1n) is 20.0. The number of rotatable bonds is 10. The molecule has 0 aromatic heterocycles. The van der Waals surface area contributed by atoms with Crippen molar-refractivity contribution in [2.45, 2.75) is 190 Å². The maximum atomic E-state index is 9.61. The molecule has 284 valence electrons. The van der Waals surface area contributed by atoms with Gasteiger partial charge in [-0.05, 0) is 124 Å². The van der Waals surface area contributed by atoms with E-state index in [-0.39, 0.29) is 25.7 Å². The summed E-state index contributed by atoms with van der Waals surface area (Å²) in [6, 6.07) is 0. The zero-order valence-corrected chi connectivity index (χ0v) is 32.2. The molecule has 12 atom stereocenters. The van der Waals surface area contributed by atoms with Crippen molar-refractivity contribution in [1.29, 1.82) is 0 Å². The fraction of sp³-hybridized carbons (Fsp3) is 1.00. The van der Waals surface area contributed by atoms with Crippen LogP contribution < -0.4 is 0 Å². The highest BCUT2D eigenvalue weighted by molar-refractivity contribution is 4.79. The van der Waals surface area contributed by atoms with Crippen molar-refractivity contribution in [3.8, 4) is 0 Å². The lowest BCUT2D eigenvalue weighted by atomic mass is 9.75. The van der Waals surface area contributed by atoms with Crippen molar-refractivity contribution < 1.29 is 24.8 Å². The molecule has 0 spiro atoms. The van der Waals surface area contributed by atoms with Crippen LogP contribution in [0.2, 0.25) is 0 Å². The average molecular weight is 671 g/mol. The van der Waals surface area contributed by atoms with Gasteiger partial charge in [0.1, 0.15) is 0 Å². The van der Waals surface area contributed by atoms with Crippen LogP contribution in [0.25, 0.3) is 0 Å². The summed E-state index contributed by atoms with van der Waals surface area (Å²) in [5.74, 6) is 6.81. The number of ether oxygens (including phenoxy) is 2. The summed E-state index contributed by atoms with van der Waals surface area (Å²) >= 11 is 0. The van der Waals surface area contributed by atoms with Crippen LogP contribution in [0.15, 0.2) is 0 Å². The molecule has 3 N–H and O–H groups in total. The van der Waals surface area contributed by atoms with E-state index in [2.05, 4.69) is 48.5 Å². The topological polar surface area (TPSA) is 79.2 Å². The van der Waals surface area contributed by atoms with Gasteiger partial charge < -0.3 is 24.8 Å². The van der Waals surface area contributed by atoms with Gasteiger partial charge in [-0.15, -0.1) is 0 Å². The van der Waals surface area contributed by atoms with Gasteiger partial charge >= 0.3 is 0 Å². The first kappa shape index (κ1) is 46.8. The summed E-state index contributed by atoms with van der Waals surface area (Å²) in [7, 11) is 3.54. The van der Waals surface area contributed by atoms with Crippen molar-refractivity contribution in [2.75, 3.05) is 27.4 Å². The zero-order valence-electron chi connectivity index (χ0n) is 32.2. The Kier molecular flexibility index (Phi) is 27.4. The van der Waals surface area contributed by atoms with Gasteiger partial charge in [-0.1, -0.05) is 101 Å². The van der Waals surface area contributed by atoms with Crippen LogP contribution in [0.4, 0.5) is 0 Å². The van der Waals surface area contributed by atoms with Crippen LogP contribution in [-0.2, 0) is 9.47 Å². The molecule has 0 saturated heterocycles. The molecule has 47 heavy (non-hydrogen) atoms. The quantitative estimate of drug-likeness (QED) is 0.216. The predicted octanol–water partition coefficient (Wildman–Crippen LogP) is 10.7. The molecule has 4 saturated carbocycles. The molecule has 0 aromatic rings. The van der Waals surface area contributed by atoms with E-state index in [1.165, 1.54) is 89.9 Å². The van der Waals surface area contributed by atoms with Crippen molar-refractivity contribution >= 4 is 0 Å². The summed E-state index contributed by atoms with van der Waals surface area (Å²) in [4.78, 5) is 0. The number of hydrogen-bond acceptors (Lipinski definition) is 5. The van der Waals surface area contributed by atoms with E-state index in [0.717, 1.165) is 68.5 Å². The van der Waals surface area contributed by atoms with E-state index >= 15 is 0 Å². The molecular weight excluding hydrogens is 584 g/mol. The first-order chi connectivity index (χ1) is 21.9.